The quantitative estimate of drug-likeness (QED) is 0.865. The van der Waals surface area contributed by atoms with Gasteiger partial charge in [0.25, 0.3) is 0 Å². The summed E-state index contributed by atoms with van der Waals surface area (Å²) in [4.78, 5) is 21.9. The number of carbonyl (C=O) groups excluding carboxylic acids is 1. The van der Waals surface area contributed by atoms with Crippen molar-refractivity contribution < 1.29 is 4.79 Å². The number of halogens is 1. The molecular weight excluding hydrogens is 296 g/mol. The standard InChI is InChI=1S/C12H11BrN4O/c13-9-2-1-3-10-8(9)5-15-12(16-10)17-6-7(14)4-11(17)18/h1-3,5,7H,4,6,14H2. The van der Waals surface area contributed by atoms with E-state index in [1.807, 2.05) is 18.2 Å². The van der Waals surface area contributed by atoms with E-state index in [0.717, 1.165) is 15.4 Å². The van der Waals surface area contributed by atoms with Gasteiger partial charge in [-0.3, -0.25) is 9.69 Å². The van der Waals surface area contributed by atoms with E-state index in [2.05, 4.69) is 25.9 Å². The van der Waals surface area contributed by atoms with Crippen molar-refractivity contribution in [2.45, 2.75) is 12.5 Å². The third kappa shape index (κ3) is 1.87. The van der Waals surface area contributed by atoms with Crippen LogP contribution < -0.4 is 10.6 Å². The number of carbonyl (C=O) groups is 1. The van der Waals surface area contributed by atoms with Gasteiger partial charge < -0.3 is 5.73 Å². The second kappa shape index (κ2) is 4.29. The van der Waals surface area contributed by atoms with Crippen LogP contribution in [0.15, 0.2) is 28.9 Å². The largest absolute Gasteiger partial charge is 0.326 e. The molecule has 1 atom stereocenters. The highest BCUT2D eigenvalue weighted by atomic mass is 79.9. The average molecular weight is 307 g/mol. The molecule has 0 radical (unpaired) electrons. The number of hydrogen-bond acceptors (Lipinski definition) is 4. The first-order chi connectivity index (χ1) is 8.65. The fourth-order valence-electron chi connectivity index (χ4n) is 2.07. The van der Waals surface area contributed by atoms with E-state index in [-0.39, 0.29) is 11.9 Å². The molecular formula is C12H11BrN4O. The summed E-state index contributed by atoms with van der Waals surface area (Å²) in [5.74, 6) is 0.412. The molecule has 0 spiro atoms. The Hall–Kier alpha value is -1.53. The molecule has 92 valence electrons. The Bertz CT molecular complexity index is 631. The van der Waals surface area contributed by atoms with Gasteiger partial charge in [0.2, 0.25) is 11.9 Å². The zero-order valence-corrected chi connectivity index (χ0v) is 11.1. The van der Waals surface area contributed by atoms with Crippen LogP contribution in [0.4, 0.5) is 5.95 Å². The molecule has 1 aliphatic rings. The van der Waals surface area contributed by atoms with Gasteiger partial charge in [-0.05, 0) is 12.1 Å². The van der Waals surface area contributed by atoms with Crippen LogP contribution in [0.25, 0.3) is 10.9 Å². The third-order valence-corrected chi connectivity index (χ3v) is 3.65. The fraction of sp³-hybridized carbons (Fsp3) is 0.250. The smallest absolute Gasteiger partial charge is 0.232 e. The molecule has 6 heteroatoms. The van der Waals surface area contributed by atoms with Crippen LogP contribution in [-0.2, 0) is 4.79 Å². The van der Waals surface area contributed by atoms with E-state index in [0.29, 0.717) is 18.9 Å². The van der Waals surface area contributed by atoms with Gasteiger partial charge in [-0.15, -0.1) is 0 Å². The normalized spacial score (nSPS) is 19.8. The van der Waals surface area contributed by atoms with Gasteiger partial charge in [-0.1, -0.05) is 22.0 Å². The number of rotatable bonds is 1. The van der Waals surface area contributed by atoms with Crippen LogP contribution in [0.5, 0.6) is 0 Å². The molecule has 2 N–H and O–H groups in total. The van der Waals surface area contributed by atoms with Crippen LogP contribution >= 0.6 is 15.9 Å². The molecule has 1 aliphatic heterocycles. The van der Waals surface area contributed by atoms with Gasteiger partial charge in [0, 0.05) is 35.1 Å². The lowest BCUT2D eigenvalue weighted by Crippen LogP contribution is -2.29. The summed E-state index contributed by atoms with van der Waals surface area (Å²) in [5.41, 5.74) is 6.57. The molecule has 1 fully saturated rings. The maximum absolute atomic E-state index is 11.7. The Morgan fingerprint density at radius 3 is 3.00 bits per heavy atom. The van der Waals surface area contributed by atoms with Gasteiger partial charge >= 0.3 is 0 Å². The lowest BCUT2D eigenvalue weighted by Gasteiger charge is -2.14. The molecule has 1 aromatic heterocycles. The zero-order chi connectivity index (χ0) is 12.7. The van der Waals surface area contributed by atoms with Crippen molar-refractivity contribution in [1.29, 1.82) is 0 Å². The first-order valence-corrected chi connectivity index (χ1v) is 6.41. The van der Waals surface area contributed by atoms with E-state index in [4.69, 9.17) is 5.73 Å². The monoisotopic (exact) mass is 306 g/mol. The number of hydrogen-bond donors (Lipinski definition) is 1. The SMILES string of the molecule is NC1CC(=O)N(c2ncc3c(Br)cccc3n2)C1. The molecule has 1 unspecified atom stereocenters. The summed E-state index contributed by atoms with van der Waals surface area (Å²) in [6.45, 7) is 0.484. The van der Waals surface area contributed by atoms with Crippen molar-refractivity contribution in [1.82, 2.24) is 9.97 Å². The molecule has 0 aliphatic carbocycles. The molecule has 0 saturated carbocycles. The molecule has 5 nitrogen and oxygen atoms in total. The Balaban J connectivity index is 2.06. The molecule has 3 rings (SSSR count). The number of benzene rings is 1. The summed E-state index contributed by atoms with van der Waals surface area (Å²) in [6.07, 6.45) is 2.08. The molecule has 1 saturated heterocycles. The Kier molecular flexibility index (Phi) is 2.76. The van der Waals surface area contributed by atoms with Gasteiger partial charge in [-0.2, -0.15) is 0 Å². The summed E-state index contributed by atoms with van der Waals surface area (Å²) >= 11 is 3.45. The minimum absolute atomic E-state index is 0.0168. The Morgan fingerprint density at radius 2 is 2.28 bits per heavy atom. The Morgan fingerprint density at radius 1 is 1.44 bits per heavy atom. The second-order valence-corrected chi connectivity index (χ2v) is 5.17. The number of aromatic nitrogens is 2. The molecule has 0 bridgehead atoms. The van der Waals surface area contributed by atoms with Gasteiger partial charge in [0.05, 0.1) is 5.52 Å². The van der Waals surface area contributed by atoms with Crippen molar-refractivity contribution in [3.63, 3.8) is 0 Å². The van der Waals surface area contributed by atoms with Crippen LogP contribution in [0.3, 0.4) is 0 Å². The molecule has 1 amide bonds. The van der Waals surface area contributed by atoms with E-state index >= 15 is 0 Å². The molecule has 1 aromatic carbocycles. The number of nitrogens with two attached hydrogens (primary N) is 1. The van der Waals surface area contributed by atoms with Gasteiger partial charge in [0.1, 0.15) is 0 Å². The zero-order valence-electron chi connectivity index (χ0n) is 9.51. The highest BCUT2D eigenvalue weighted by Gasteiger charge is 2.29. The first-order valence-electron chi connectivity index (χ1n) is 5.62. The second-order valence-electron chi connectivity index (χ2n) is 4.31. The number of anilines is 1. The maximum atomic E-state index is 11.7. The average Bonchev–Trinajstić information content (AvgIpc) is 2.68. The topological polar surface area (TPSA) is 72.1 Å². The van der Waals surface area contributed by atoms with Gasteiger partial charge in [-0.25, -0.2) is 9.97 Å². The summed E-state index contributed by atoms with van der Waals surface area (Å²) in [6, 6.07) is 5.61. The summed E-state index contributed by atoms with van der Waals surface area (Å²) in [5, 5.41) is 0.928. The summed E-state index contributed by atoms with van der Waals surface area (Å²) < 4.78 is 0.941. The van der Waals surface area contributed by atoms with Crippen LogP contribution in [0.1, 0.15) is 6.42 Å². The van der Waals surface area contributed by atoms with E-state index in [9.17, 15) is 4.79 Å². The predicted molar refractivity (Wildman–Crippen MR) is 72.2 cm³/mol. The fourth-order valence-corrected chi connectivity index (χ4v) is 2.53. The maximum Gasteiger partial charge on any atom is 0.232 e. The third-order valence-electron chi connectivity index (χ3n) is 2.96. The number of fused-ring (bicyclic) bond motifs is 1. The van der Waals surface area contributed by atoms with Crippen LogP contribution in [-0.4, -0.2) is 28.5 Å². The number of amides is 1. The first kappa shape index (κ1) is 11.6. The van der Waals surface area contributed by atoms with Crippen molar-refractivity contribution in [3.8, 4) is 0 Å². The van der Waals surface area contributed by atoms with E-state index < -0.39 is 0 Å². The summed E-state index contributed by atoms with van der Waals surface area (Å²) in [7, 11) is 0. The van der Waals surface area contributed by atoms with Crippen molar-refractivity contribution >= 4 is 38.7 Å². The van der Waals surface area contributed by atoms with E-state index in [1.54, 1.807) is 11.1 Å². The minimum Gasteiger partial charge on any atom is -0.326 e. The van der Waals surface area contributed by atoms with Crippen molar-refractivity contribution in [2.75, 3.05) is 11.4 Å². The predicted octanol–water partition coefficient (Wildman–Crippen LogP) is 1.46. The minimum atomic E-state index is -0.126. The van der Waals surface area contributed by atoms with Gasteiger partial charge in [0.15, 0.2) is 0 Å². The lowest BCUT2D eigenvalue weighted by molar-refractivity contribution is -0.117. The van der Waals surface area contributed by atoms with Crippen LogP contribution in [0.2, 0.25) is 0 Å². The highest BCUT2D eigenvalue weighted by Crippen LogP contribution is 2.24. The number of nitrogens with zero attached hydrogens (tertiary/aromatic N) is 3. The molecule has 18 heavy (non-hydrogen) atoms. The van der Waals surface area contributed by atoms with Crippen molar-refractivity contribution in [3.05, 3.63) is 28.9 Å². The molecule has 2 heterocycles. The lowest BCUT2D eigenvalue weighted by atomic mass is 10.2. The van der Waals surface area contributed by atoms with Crippen LogP contribution in [0, 0.1) is 0 Å². The van der Waals surface area contributed by atoms with E-state index in [1.165, 1.54) is 0 Å². The highest BCUT2D eigenvalue weighted by molar-refractivity contribution is 9.10. The molecule has 2 aromatic rings. The van der Waals surface area contributed by atoms with Crippen molar-refractivity contribution in [2.24, 2.45) is 5.73 Å². The Labute approximate surface area is 112 Å².